The Balaban J connectivity index is 1.94. The largest absolute Gasteiger partial charge is 0.388 e. The molecule has 0 saturated carbocycles. The van der Waals surface area contributed by atoms with Crippen LogP contribution in [0.5, 0.6) is 0 Å². The summed E-state index contributed by atoms with van der Waals surface area (Å²) >= 11 is 0. The van der Waals surface area contributed by atoms with Gasteiger partial charge in [0.25, 0.3) is 0 Å². The summed E-state index contributed by atoms with van der Waals surface area (Å²) in [4.78, 5) is 0. The zero-order valence-electron chi connectivity index (χ0n) is 14.5. The summed E-state index contributed by atoms with van der Waals surface area (Å²) in [6.45, 7) is -0.234. The third kappa shape index (κ3) is 2.44. The van der Waals surface area contributed by atoms with Crippen molar-refractivity contribution in [2.45, 2.75) is 24.4 Å². The molecule has 5 heteroatoms. The summed E-state index contributed by atoms with van der Waals surface area (Å²) in [7, 11) is 0. The number of ether oxygens (including phenoxy) is 1. The highest BCUT2D eigenvalue weighted by molar-refractivity contribution is 6.23. The van der Waals surface area contributed by atoms with Gasteiger partial charge in [-0.1, -0.05) is 42.5 Å². The molecule has 1 aliphatic rings. The molecular weight excluding hydrogens is 344 g/mol. The number of hydrogen-bond acceptors (Lipinski definition) is 5. The lowest BCUT2D eigenvalue weighted by molar-refractivity contribution is -0.0703. The van der Waals surface area contributed by atoms with Crippen LogP contribution in [0.15, 0.2) is 48.5 Å². The maximum absolute atomic E-state index is 10.9. The van der Waals surface area contributed by atoms with E-state index in [-0.39, 0.29) is 13.2 Å². The summed E-state index contributed by atoms with van der Waals surface area (Å²) in [5.41, 5.74) is 0.871. The molecule has 0 fully saturated rings. The summed E-state index contributed by atoms with van der Waals surface area (Å²) in [5.74, 6) is 0. The molecule has 4 unspecified atom stereocenters. The molecule has 5 rings (SSSR count). The average molecular weight is 364 g/mol. The Hall–Kier alpha value is -2.28. The van der Waals surface area contributed by atoms with Gasteiger partial charge in [-0.3, -0.25) is 0 Å². The molecule has 0 aromatic heterocycles. The van der Waals surface area contributed by atoms with Crippen molar-refractivity contribution in [3.8, 4) is 0 Å². The van der Waals surface area contributed by atoms with Gasteiger partial charge in [0.2, 0.25) is 0 Å². The van der Waals surface area contributed by atoms with Gasteiger partial charge in [0, 0.05) is 0 Å². The van der Waals surface area contributed by atoms with Crippen LogP contribution in [0, 0.1) is 0 Å². The zero-order valence-corrected chi connectivity index (χ0v) is 14.5. The lowest BCUT2D eigenvalue weighted by Gasteiger charge is -2.25. The van der Waals surface area contributed by atoms with Gasteiger partial charge in [0.1, 0.15) is 24.4 Å². The molecule has 4 aromatic carbocycles. The Bertz CT molecular complexity index is 1120. The molecule has 0 spiro atoms. The van der Waals surface area contributed by atoms with Gasteiger partial charge in [-0.05, 0) is 49.5 Å². The maximum atomic E-state index is 10.9. The summed E-state index contributed by atoms with van der Waals surface area (Å²) < 4.78 is 5.27. The third-order valence-electron chi connectivity index (χ3n) is 5.64. The van der Waals surface area contributed by atoms with E-state index in [1.165, 1.54) is 0 Å². The molecule has 4 N–H and O–H groups in total. The smallest absolute Gasteiger partial charge is 0.108 e. The molecular formula is C22H20O5. The molecule has 138 valence electrons. The highest BCUT2D eigenvalue weighted by atomic mass is 16.5. The second kappa shape index (κ2) is 6.12. The van der Waals surface area contributed by atoms with E-state index < -0.39 is 24.4 Å². The van der Waals surface area contributed by atoms with Gasteiger partial charge in [0.15, 0.2) is 0 Å². The van der Waals surface area contributed by atoms with Crippen molar-refractivity contribution in [2.75, 3.05) is 13.2 Å². The van der Waals surface area contributed by atoms with E-state index in [0.717, 1.165) is 32.3 Å². The first kappa shape index (κ1) is 16.9. The molecule has 5 nitrogen and oxygen atoms in total. The lowest BCUT2D eigenvalue weighted by Crippen LogP contribution is -2.25. The van der Waals surface area contributed by atoms with Gasteiger partial charge in [-0.15, -0.1) is 0 Å². The minimum absolute atomic E-state index is 0.116. The predicted molar refractivity (Wildman–Crippen MR) is 103 cm³/mol. The van der Waals surface area contributed by atoms with Crippen LogP contribution in [0.4, 0.5) is 0 Å². The van der Waals surface area contributed by atoms with Crippen molar-refractivity contribution in [1.82, 2.24) is 0 Å². The second-order valence-corrected chi connectivity index (χ2v) is 7.30. The highest BCUT2D eigenvalue weighted by Gasteiger charge is 2.32. The van der Waals surface area contributed by atoms with Crippen LogP contribution in [0.1, 0.15) is 23.3 Å². The average Bonchev–Trinajstić information content (AvgIpc) is 2.72. The normalized spacial score (nSPS) is 26.8. The summed E-state index contributed by atoms with van der Waals surface area (Å²) in [5, 5.41) is 48.2. The van der Waals surface area contributed by atoms with Crippen molar-refractivity contribution in [2.24, 2.45) is 0 Å². The zero-order chi connectivity index (χ0) is 18.7. The van der Waals surface area contributed by atoms with Gasteiger partial charge in [0.05, 0.1) is 13.2 Å². The summed E-state index contributed by atoms with van der Waals surface area (Å²) in [6, 6.07) is 15.8. The van der Waals surface area contributed by atoms with Gasteiger partial charge in [-0.2, -0.15) is 0 Å². The van der Waals surface area contributed by atoms with Crippen LogP contribution in [0.2, 0.25) is 0 Å². The van der Waals surface area contributed by atoms with Crippen molar-refractivity contribution in [1.29, 1.82) is 0 Å². The van der Waals surface area contributed by atoms with Crippen molar-refractivity contribution >= 4 is 32.3 Å². The van der Waals surface area contributed by atoms with E-state index >= 15 is 0 Å². The minimum Gasteiger partial charge on any atom is -0.388 e. The Morgan fingerprint density at radius 2 is 1.33 bits per heavy atom. The van der Waals surface area contributed by atoms with E-state index in [4.69, 9.17) is 4.74 Å². The SMILES string of the molecule is OC1COCC(O)C(O)c2c(cc3ccc4cccc5ccc2c3c45)C1O. The number of benzene rings is 4. The maximum Gasteiger partial charge on any atom is 0.108 e. The van der Waals surface area contributed by atoms with E-state index in [1.807, 2.05) is 42.5 Å². The van der Waals surface area contributed by atoms with Crippen LogP contribution < -0.4 is 0 Å². The molecule has 4 aromatic rings. The highest BCUT2D eigenvalue weighted by Crippen LogP contribution is 2.42. The Kier molecular flexibility index (Phi) is 3.82. The standard InChI is InChI=1S/C22H20O5/c23-16-9-27-10-17(24)22(26)20-14-7-6-12-3-1-2-11-4-5-13(19(14)18(11)12)8-15(20)21(16)25/h1-8,16-17,21-26H,9-10H2. The molecule has 4 atom stereocenters. The number of aliphatic hydroxyl groups is 4. The molecule has 0 bridgehead atoms. The van der Waals surface area contributed by atoms with Crippen molar-refractivity contribution < 1.29 is 25.2 Å². The van der Waals surface area contributed by atoms with E-state index in [9.17, 15) is 20.4 Å². The number of aliphatic hydroxyl groups excluding tert-OH is 4. The monoisotopic (exact) mass is 364 g/mol. The molecule has 0 amide bonds. The van der Waals surface area contributed by atoms with Gasteiger partial charge in [-0.25, -0.2) is 0 Å². The van der Waals surface area contributed by atoms with Crippen LogP contribution in [0.25, 0.3) is 32.3 Å². The quantitative estimate of drug-likeness (QED) is 0.360. The van der Waals surface area contributed by atoms with Crippen LogP contribution >= 0.6 is 0 Å². The Labute approximate surface area is 155 Å². The van der Waals surface area contributed by atoms with Crippen LogP contribution in [-0.2, 0) is 4.74 Å². The van der Waals surface area contributed by atoms with E-state index in [1.54, 1.807) is 6.07 Å². The van der Waals surface area contributed by atoms with E-state index in [0.29, 0.717) is 11.1 Å². The first-order valence-corrected chi connectivity index (χ1v) is 9.06. The molecule has 1 aliphatic heterocycles. The molecule has 0 saturated heterocycles. The number of fused-ring (bicyclic) bond motifs is 2. The van der Waals surface area contributed by atoms with Gasteiger partial charge < -0.3 is 25.2 Å². The van der Waals surface area contributed by atoms with Crippen LogP contribution in [0.3, 0.4) is 0 Å². The molecule has 0 aliphatic carbocycles. The number of rotatable bonds is 0. The fourth-order valence-electron chi connectivity index (χ4n) is 4.32. The topological polar surface area (TPSA) is 90.2 Å². The molecule has 1 heterocycles. The Morgan fingerprint density at radius 3 is 2.07 bits per heavy atom. The molecule has 0 radical (unpaired) electrons. The molecule has 27 heavy (non-hydrogen) atoms. The first-order chi connectivity index (χ1) is 13.1. The predicted octanol–water partition coefficient (Wildman–Crippen LogP) is 2.40. The summed E-state index contributed by atoms with van der Waals surface area (Å²) in [6.07, 6.45) is -4.75. The van der Waals surface area contributed by atoms with Gasteiger partial charge >= 0.3 is 0 Å². The number of hydrogen-bond donors (Lipinski definition) is 4. The van der Waals surface area contributed by atoms with E-state index in [2.05, 4.69) is 0 Å². The fraction of sp³-hybridized carbons (Fsp3) is 0.273. The lowest BCUT2D eigenvalue weighted by atomic mass is 9.84. The van der Waals surface area contributed by atoms with Crippen LogP contribution in [-0.4, -0.2) is 45.8 Å². The fourth-order valence-corrected chi connectivity index (χ4v) is 4.32. The third-order valence-corrected chi connectivity index (χ3v) is 5.64. The first-order valence-electron chi connectivity index (χ1n) is 9.06. The minimum atomic E-state index is -1.23. The van der Waals surface area contributed by atoms with Crippen molar-refractivity contribution in [3.63, 3.8) is 0 Å². The Morgan fingerprint density at radius 1 is 0.704 bits per heavy atom. The second-order valence-electron chi connectivity index (χ2n) is 7.30. The van der Waals surface area contributed by atoms with Crippen molar-refractivity contribution in [3.05, 3.63) is 59.7 Å².